The third-order valence-corrected chi connectivity index (χ3v) is 8.12. The summed E-state index contributed by atoms with van der Waals surface area (Å²) in [7, 11) is 2.29. The van der Waals surface area contributed by atoms with E-state index >= 15 is 0 Å². The van der Waals surface area contributed by atoms with Crippen molar-refractivity contribution in [3.8, 4) is 0 Å². The van der Waals surface area contributed by atoms with Crippen LogP contribution in [0.1, 0.15) is 49.9 Å². The first kappa shape index (κ1) is 16.7. The maximum atomic E-state index is 2.56. The molecule has 2 atom stereocenters. The average Bonchev–Trinajstić information content (AvgIpc) is 2.53. The molecule has 0 N–H and O–H groups in total. The lowest BCUT2D eigenvalue weighted by Gasteiger charge is -2.47. The van der Waals surface area contributed by atoms with Crippen LogP contribution in [-0.4, -0.2) is 18.3 Å². The fourth-order valence-electron chi connectivity index (χ4n) is 4.23. The first-order valence-corrected chi connectivity index (χ1v) is 9.41. The Kier molecular flexibility index (Phi) is 3.95. The lowest BCUT2D eigenvalue weighted by Crippen LogP contribution is -2.47. The molecule has 2 unspecified atom stereocenters. The normalized spacial score (nSPS) is 24.1. The SMILES string of the molecule is CC1=C(C)C2Sc3c(C)c(C)c(C)c(C)c3N(C)C2C(C)=C1C. The molecule has 0 aromatic heterocycles. The van der Waals surface area contributed by atoms with E-state index in [0.717, 1.165) is 0 Å². The van der Waals surface area contributed by atoms with E-state index < -0.39 is 0 Å². The summed E-state index contributed by atoms with van der Waals surface area (Å²) in [5.74, 6) is 0. The van der Waals surface area contributed by atoms with Crippen LogP contribution in [0.5, 0.6) is 0 Å². The molecular weight excluding hydrogens is 298 g/mol. The maximum absolute atomic E-state index is 2.56. The number of allylic oxidation sites excluding steroid dienone is 2. The summed E-state index contributed by atoms with van der Waals surface area (Å²) in [4.78, 5) is 4.05. The van der Waals surface area contributed by atoms with Crippen LogP contribution in [0.4, 0.5) is 5.69 Å². The molecule has 124 valence electrons. The maximum Gasteiger partial charge on any atom is 0.0662 e. The van der Waals surface area contributed by atoms with Crippen molar-refractivity contribution in [2.45, 2.75) is 71.6 Å². The Morgan fingerprint density at radius 2 is 1.22 bits per heavy atom. The number of rotatable bonds is 0. The van der Waals surface area contributed by atoms with Gasteiger partial charge in [-0.2, -0.15) is 0 Å². The Labute approximate surface area is 145 Å². The Balaban J connectivity index is 2.28. The van der Waals surface area contributed by atoms with Crippen molar-refractivity contribution in [3.63, 3.8) is 0 Å². The van der Waals surface area contributed by atoms with Gasteiger partial charge in [0, 0.05) is 11.9 Å². The fraction of sp³-hybridized carbons (Fsp3) is 0.524. The second-order valence-corrected chi connectivity index (χ2v) is 8.54. The van der Waals surface area contributed by atoms with Crippen molar-refractivity contribution in [3.05, 3.63) is 44.5 Å². The topological polar surface area (TPSA) is 3.24 Å². The van der Waals surface area contributed by atoms with Crippen molar-refractivity contribution < 1.29 is 0 Å². The van der Waals surface area contributed by atoms with Crippen LogP contribution in [0.3, 0.4) is 0 Å². The smallest absolute Gasteiger partial charge is 0.0662 e. The van der Waals surface area contributed by atoms with E-state index in [1.165, 1.54) is 49.6 Å². The average molecular weight is 328 g/mol. The second kappa shape index (κ2) is 5.44. The summed E-state index contributed by atoms with van der Waals surface area (Å²) in [5, 5.41) is 0.538. The van der Waals surface area contributed by atoms with E-state index in [1.807, 2.05) is 0 Å². The summed E-state index contributed by atoms with van der Waals surface area (Å²) in [6.07, 6.45) is 0. The Morgan fingerprint density at radius 3 is 1.83 bits per heavy atom. The zero-order valence-corrected chi connectivity index (χ0v) is 16.8. The second-order valence-electron chi connectivity index (χ2n) is 7.39. The van der Waals surface area contributed by atoms with Gasteiger partial charge in [0.05, 0.1) is 17.0 Å². The van der Waals surface area contributed by atoms with Crippen LogP contribution in [0, 0.1) is 27.7 Å². The highest BCUT2D eigenvalue weighted by Gasteiger charge is 2.40. The molecule has 3 rings (SSSR count). The van der Waals surface area contributed by atoms with E-state index in [-0.39, 0.29) is 0 Å². The van der Waals surface area contributed by atoms with E-state index in [2.05, 4.69) is 79.1 Å². The minimum absolute atomic E-state index is 0.483. The highest BCUT2D eigenvalue weighted by atomic mass is 32.2. The van der Waals surface area contributed by atoms with Crippen LogP contribution in [0.2, 0.25) is 0 Å². The predicted octanol–water partition coefficient (Wildman–Crippen LogP) is 5.89. The highest BCUT2D eigenvalue weighted by Crippen LogP contribution is 2.52. The van der Waals surface area contributed by atoms with Gasteiger partial charge >= 0.3 is 0 Å². The standard InChI is InChI=1S/C21H29NS/c1-10-12(3)16(7)20-18(14(10)5)22(9)19-15(6)11(2)13(4)17(8)21(19)23-20/h18,20H,1-9H3. The van der Waals surface area contributed by atoms with Crippen molar-refractivity contribution in [1.82, 2.24) is 0 Å². The first-order valence-electron chi connectivity index (χ1n) is 8.53. The lowest BCUT2D eigenvalue weighted by atomic mass is 9.83. The molecule has 2 heteroatoms. The van der Waals surface area contributed by atoms with Crippen LogP contribution in [0.15, 0.2) is 27.2 Å². The van der Waals surface area contributed by atoms with Crippen LogP contribution >= 0.6 is 11.8 Å². The summed E-state index contributed by atoms with van der Waals surface area (Å²) in [6, 6.07) is 0.483. The molecular formula is C21H29NS. The molecule has 0 fully saturated rings. The molecule has 23 heavy (non-hydrogen) atoms. The van der Waals surface area contributed by atoms with Crippen LogP contribution in [0.25, 0.3) is 0 Å². The molecule has 2 aliphatic rings. The van der Waals surface area contributed by atoms with Crippen molar-refractivity contribution >= 4 is 17.4 Å². The number of thioether (sulfide) groups is 1. The molecule has 0 saturated heterocycles. The third kappa shape index (κ3) is 2.14. The Hall–Kier alpha value is -1.15. The lowest BCUT2D eigenvalue weighted by molar-refractivity contribution is 0.671. The zero-order valence-electron chi connectivity index (χ0n) is 16.0. The van der Waals surface area contributed by atoms with Gasteiger partial charge in [-0.15, -0.1) is 11.8 Å². The van der Waals surface area contributed by atoms with Gasteiger partial charge in [-0.05, 0) is 94.4 Å². The number of nitrogens with zero attached hydrogens (tertiary/aromatic N) is 1. The fourth-order valence-corrected chi connectivity index (χ4v) is 6.09. The molecule has 0 radical (unpaired) electrons. The molecule has 0 bridgehead atoms. The quantitative estimate of drug-likeness (QED) is 0.585. The van der Waals surface area contributed by atoms with Crippen LogP contribution < -0.4 is 4.90 Å². The first-order chi connectivity index (χ1) is 10.7. The molecule has 0 spiro atoms. The number of fused-ring (bicyclic) bond motifs is 2. The molecule has 0 amide bonds. The van der Waals surface area contributed by atoms with Gasteiger partial charge < -0.3 is 4.90 Å². The Bertz CT molecular complexity index is 767. The van der Waals surface area contributed by atoms with Gasteiger partial charge in [-0.3, -0.25) is 0 Å². The summed E-state index contributed by atoms with van der Waals surface area (Å²) < 4.78 is 0. The van der Waals surface area contributed by atoms with Crippen molar-refractivity contribution in [1.29, 1.82) is 0 Å². The summed E-state index contributed by atoms with van der Waals surface area (Å²) in [5.41, 5.74) is 13.3. The number of hydrogen-bond acceptors (Lipinski definition) is 2. The van der Waals surface area contributed by atoms with Crippen LogP contribution in [-0.2, 0) is 0 Å². The summed E-state index contributed by atoms with van der Waals surface area (Å²) >= 11 is 2.09. The van der Waals surface area contributed by atoms with Gasteiger partial charge in [0.15, 0.2) is 0 Å². The largest absolute Gasteiger partial charge is 0.365 e. The number of benzene rings is 1. The van der Waals surface area contributed by atoms with Gasteiger partial charge in [0.25, 0.3) is 0 Å². The molecule has 1 aliphatic heterocycles. The van der Waals surface area contributed by atoms with Gasteiger partial charge in [-0.1, -0.05) is 5.57 Å². The van der Waals surface area contributed by atoms with Gasteiger partial charge in [-0.25, -0.2) is 0 Å². The predicted molar refractivity (Wildman–Crippen MR) is 104 cm³/mol. The molecule has 1 aromatic carbocycles. The summed E-state index contributed by atoms with van der Waals surface area (Å²) in [6.45, 7) is 18.4. The van der Waals surface area contributed by atoms with E-state index in [1.54, 1.807) is 5.57 Å². The van der Waals surface area contributed by atoms with Gasteiger partial charge in [0.1, 0.15) is 0 Å². The number of hydrogen-bond donors (Lipinski definition) is 0. The van der Waals surface area contributed by atoms with E-state index in [9.17, 15) is 0 Å². The third-order valence-electron chi connectivity index (χ3n) is 6.52. The minimum Gasteiger partial charge on any atom is -0.365 e. The number of likely N-dealkylation sites (N-methyl/N-ethyl adjacent to an activating group) is 1. The molecule has 1 heterocycles. The minimum atomic E-state index is 0.483. The van der Waals surface area contributed by atoms with Crippen molar-refractivity contribution in [2.24, 2.45) is 0 Å². The molecule has 1 nitrogen and oxygen atoms in total. The van der Waals surface area contributed by atoms with Gasteiger partial charge in [0.2, 0.25) is 0 Å². The Morgan fingerprint density at radius 1 is 0.696 bits per heavy atom. The monoisotopic (exact) mass is 327 g/mol. The van der Waals surface area contributed by atoms with Crippen molar-refractivity contribution in [2.75, 3.05) is 11.9 Å². The number of anilines is 1. The molecule has 0 saturated carbocycles. The highest BCUT2D eigenvalue weighted by molar-refractivity contribution is 8.00. The van der Waals surface area contributed by atoms with E-state index in [4.69, 9.17) is 0 Å². The zero-order chi connectivity index (χ0) is 17.2. The molecule has 1 aromatic rings. The molecule has 1 aliphatic carbocycles. The van der Waals surface area contributed by atoms with E-state index in [0.29, 0.717) is 11.3 Å².